The van der Waals surface area contributed by atoms with Crippen LogP contribution in [0, 0.1) is 0 Å². The van der Waals surface area contributed by atoms with Crippen molar-refractivity contribution in [3.8, 4) is 23.0 Å². The van der Waals surface area contributed by atoms with E-state index < -0.39 is 17.5 Å². The highest BCUT2D eigenvalue weighted by atomic mass is 16.7. The third kappa shape index (κ3) is 2.36. The van der Waals surface area contributed by atoms with Gasteiger partial charge >= 0.3 is 5.97 Å². The van der Waals surface area contributed by atoms with Gasteiger partial charge in [0, 0.05) is 33.3 Å². The summed E-state index contributed by atoms with van der Waals surface area (Å²) in [7, 11) is 0. The number of carboxylic acids is 1. The maximum atomic E-state index is 11.9. The average molecular weight is 336 g/mol. The number of ether oxygens (including phenoxy) is 4. The number of hydrogen-bond donors (Lipinski definition) is 1. The highest BCUT2D eigenvalue weighted by molar-refractivity contribution is 5.98. The summed E-state index contributed by atoms with van der Waals surface area (Å²) in [6.45, 7) is 13.2. The molecule has 2 heterocycles. The molecule has 1 N–H and O–H groups in total. The normalized spacial score (nSPS) is 19.5. The molecule has 2 aliphatic rings. The molecule has 0 spiro atoms. The maximum Gasteiger partial charge on any atom is 0.343 e. The summed E-state index contributed by atoms with van der Waals surface area (Å²) in [5, 5.41) is 9.73. The molecule has 0 unspecified atom stereocenters. The summed E-state index contributed by atoms with van der Waals surface area (Å²) < 4.78 is 23.6. The van der Waals surface area contributed by atoms with E-state index in [1.165, 1.54) is 0 Å². The lowest BCUT2D eigenvalue weighted by Gasteiger charge is -2.27. The van der Waals surface area contributed by atoms with E-state index in [4.69, 9.17) is 18.9 Å². The van der Waals surface area contributed by atoms with Crippen molar-refractivity contribution < 1.29 is 28.8 Å². The second-order valence-corrected chi connectivity index (χ2v) is 7.82. The number of carbonyl (C=O) groups is 1. The van der Waals surface area contributed by atoms with Crippen molar-refractivity contribution in [1.29, 1.82) is 0 Å². The fourth-order valence-corrected chi connectivity index (χ4v) is 3.06. The van der Waals surface area contributed by atoms with E-state index >= 15 is 0 Å². The van der Waals surface area contributed by atoms with E-state index in [-0.39, 0.29) is 22.5 Å². The van der Waals surface area contributed by atoms with Gasteiger partial charge in [-0.05, 0) is 11.8 Å². The molecule has 3 rings (SSSR count). The van der Waals surface area contributed by atoms with Gasteiger partial charge in [0.1, 0.15) is 0 Å². The first-order valence-electron chi connectivity index (χ1n) is 8.12. The molecule has 0 aromatic heterocycles. The van der Waals surface area contributed by atoms with Gasteiger partial charge < -0.3 is 24.1 Å². The molecular formula is C18H24O6. The van der Waals surface area contributed by atoms with Crippen molar-refractivity contribution in [2.75, 3.05) is 0 Å². The Kier molecular flexibility index (Phi) is 3.28. The van der Waals surface area contributed by atoms with Crippen LogP contribution in [0.4, 0.5) is 0 Å². The van der Waals surface area contributed by atoms with Gasteiger partial charge in [0.2, 0.25) is 11.6 Å². The minimum Gasteiger partial charge on any atom is -0.477 e. The fourth-order valence-electron chi connectivity index (χ4n) is 3.06. The molecule has 0 radical (unpaired) electrons. The van der Waals surface area contributed by atoms with E-state index in [0.717, 1.165) is 12.0 Å². The third-order valence-electron chi connectivity index (χ3n) is 4.49. The summed E-state index contributed by atoms with van der Waals surface area (Å²) in [5.41, 5.74) is 0.432. The molecule has 0 aliphatic carbocycles. The van der Waals surface area contributed by atoms with Crippen molar-refractivity contribution in [3.63, 3.8) is 0 Å². The lowest BCUT2D eigenvalue weighted by atomic mass is 9.80. The molecule has 132 valence electrons. The highest BCUT2D eigenvalue weighted by Crippen LogP contribution is 2.60. The van der Waals surface area contributed by atoms with E-state index in [2.05, 4.69) is 20.8 Å². The Labute approximate surface area is 141 Å². The lowest BCUT2D eigenvalue weighted by molar-refractivity contribution is -0.0498. The van der Waals surface area contributed by atoms with E-state index in [1.807, 2.05) is 0 Å². The van der Waals surface area contributed by atoms with Crippen molar-refractivity contribution in [1.82, 2.24) is 0 Å². The molecule has 24 heavy (non-hydrogen) atoms. The lowest BCUT2D eigenvalue weighted by Crippen LogP contribution is -2.32. The van der Waals surface area contributed by atoms with Crippen LogP contribution in [0.3, 0.4) is 0 Å². The van der Waals surface area contributed by atoms with Gasteiger partial charge in [-0.3, -0.25) is 0 Å². The smallest absolute Gasteiger partial charge is 0.343 e. The number of rotatable bonds is 3. The predicted octanol–water partition coefficient (Wildman–Crippen LogP) is 4.09. The molecule has 0 fully saturated rings. The zero-order valence-electron chi connectivity index (χ0n) is 15.2. The first-order valence-corrected chi connectivity index (χ1v) is 8.12. The first kappa shape index (κ1) is 16.7. The summed E-state index contributed by atoms with van der Waals surface area (Å²) in [5.74, 6) is -1.74. The van der Waals surface area contributed by atoms with Crippen LogP contribution in [0.15, 0.2) is 0 Å². The molecule has 2 aliphatic heterocycles. The number of aromatic carboxylic acids is 1. The third-order valence-corrected chi connectivity index (χ3v) is 4.49. The average Bonchev–Trinajstić information content (AvgIpc) is 2.87. The van der Waals surface area contributed by atoms with E-state index in [9.17, 15) is 9.90 Å². The summed E-state index contributed by atoms with van der Waals surface area (Å²) in [6.07, 6.45) is 0.811. The van der Waals surface area contributed by atoms with Crippen molar-refractivity contribution in [3.05, 3.63) is 11.1 Å². The SMILES string of the molecule is CCC(C)(C)c1c2c(c(C(=O)O)c3c1OC(C)(C)O3)OC(C)(C)O2. The standard InChI is InChI=1S/C18H24O6/c1-8-16(2,3)10-13-11(21-17(4,5)23-13)9(15(19)20)12-14(10)24-18(6,7)22-12/h8H2,1-7H3,(H,19,20). The zero-order chi connectivity index (χ0) is 18.1. The zero-order valence-corrected chi connectivity index (χ0v) is 15.2. The van der Waals surface area contributed by atoms with Gasteiger partial charge in [0.15, 0.2) is 28.6 Å². The Hall–Kier alpha value is -2.11. The van der Waals surface area contributed by atoms with Crippen molar-refractivity contribution >= 4 is 5.97 Å². The molecule has 6 heteroatoms. The molecular weight excluding hydrogens is 312 g/mol. The van der Waals surface area contributed by atoms with Crippen LogP contribution in [0.25, 0.3) is 0 Å². The molecule has 0 saturated carbocycles. The Morgan fingerprint density at radius 1 is 0.917 bits per heavy atom. The van der Waals surface area contributed by atoms with Crippen LogP contribution in [-0.2, 0) is 5.41 Å². The fraction of sp³-hybridized carbons (Fsp3) is 0.611. The predicted molar refractivity (Wildman–Crippen MR) is 87.4 cm³/mol. The minimum atomic E-state index is -1.13. The number of carboxylic acid groups (broad SMARTS) is 1. The number of fused-ring (bicyclic) bond motifs is 2. The van der Waals surface area contributed by atoms with Crippen LogP contribution in [0.5, 0.6) is 23.0 Å². The second-order valence-electron chi connectivity index (χ2n) is 7.82. The summed E-state index contributed by atoms with van der Waals surface area (Å²) >= 11 is 0. The Balaban J connectivity index is 2.39. The first-order chi connectivity index (χ1) is 10.9. The molecule has 1 aromatic carbocycles. The van der Waals surface area contributed by atoms with Crippen LogP contribution >= 0.6 is 0 Å². The summed E-state index contributed by atoms with van der Waals surface area (Å²) in [6, 6.07) is 0. The molecule has 0 bridgehead atoms. The van der Waals surface area contributed by atoms with E-state index in [0.29, 0.717) is 11.5 Å². The van der Waals surface area contributed by atoms with Gasteiger partial charge in [0.25, 0.3) is 0 Å². The molecule has 1 aromatic rings. The largest absolute Gasteiger partial charge is 0.477 e. The van der Waals surface area contributed by atoms with Crippen LogP contribution in [0.2, 0.25) is 0 Å². The highest BCUT2D eigenvalue weighted by Gasteiger charge is 2.49. The van der Waals surface area contributed by atoms with Crippen molar-refractivity contribution in [2.24, 2.45) is 0 Å². The van der Waals surface area contributed by atoms with Gasteiger partial charge in [-0.1, -0.05) is 20.8 Å². The Morgan fingerprint density at radius 3 is 1.62 bits per heavy atom. The second kappa shape index (κ2) is 4.71. The van der Waals surface area contributed by atoms with Crippen LogP contribution in [-0.4, -0.2) is 22.7 Å². The Bertz CT molecular complexity index is 685. The van der Waals surface area contributed by atoms with Crippen LogP contribution < -0.4 is 18.9 Å². The summed E-state index contributed by atoms with van der Waals surface area (Å²) in [4.78, 5) is 11.9. The van der Waals surface area contributed by atoms with Gasteiger partial charge in [-0.25, -0.2) is 4.79 Å². The van der Waals surface area contributed by atoms with Crippen LogP contribution in [0.1, 0.15) is 70.8 Å². The maximum absolute atomic E-state index is 11.9. The van der Waals surface area contributed by atoms with Gasteiger partial charge in [-0.15, -0.1) is 0 Å². The number of benzene rings is 1. The molecule has 6 nitrogen and oxygen atoms in total. The molecule has 0 saturated heterocycles. The number of hydrogen-bond acceptors (Lipinski definition) is 5. The van der Waals surface area contributed by atoms with Gasteiger partial charge in [-0.2, -0.15) is 0 Å². The molecule has 0 atom stereocenters. The molecule has 0 amide bonds. The van der Waals surface area contributed by atoms with Crippen molar-refractivity contribution in [2.45, 2.75) is 71.9 Å². The Morgan fingerprint density at radius 2 is 1.29 bits per heavy atom. The topological polar surface area (TPSA) is 74.2 Å². The van der Waals surface area contributed by atoms with Gasteiger partial charge in [0.05, 0.1) is 0 Å². The minimum absolute atomic E-state index is 0.0493. The van der Waals surface area contributed by atoms with E-state index in [1.54, 1.807) is 27.7 Å². The monoisotopic (exact) mass is 336 g/mol. The quantitative estimate of drug-likeness (QED) is 0.896.